The molecule has 1 aliphatic heterocycles. The number of benzene rings is 2. The number of nitrogens with one attached hydrogen (secondary N) is 2. The predicted octanol–water partition coefficient (Wildman–Crippen LogP) is 3.63. The van der Waals surface area contributed by atoms with Crippen molar-refractivity contribution in [2.75, 3.05) is 33.9 Å². The average Bonchev–Trinajstić information content (AvgIpc) is 3.24. The minimum absolute atomic E-state index is 0. The zero-order chi connectivity index (χ0) is 22.8. The zero-order valence-electron chi connectivity index (χ0n) is 19.7. The molecule has 1 amide bonds. The Balaban J connectivity index is 0.00000385. The third-order valence-corrected chi connectivity index (χ3v) is 5.49. The highest BCUT2D eigenvalue weighted by Gasteiger charge is 2.22. The van der Waals surface area contributed by atoms with Gasteiger partial charge in [-0.05, 0) is 36.1 Å². The Morgan fingerprint density at radius 3 is 2.48 bits per heavy atom. The summed E-state index contributed by atoms with van der Waals surface area (Å²) in [4.78, 5) is 18.8. The van der Waals surface area contributed by atoms with Crippen LogP contribution in [0.2, 0.25) is 0 Å². The Morgan fingerprint density at radius 2 is 1.82 bits per heavy atom. The van der Waals surface area contributed by atoms with Gasteiger partial charge in [-0.25, -0.2) is 0 Å². The molecule has 0 unspecified atom stereocenters. The molecule has 7 nitrogen and oxygen atoms in total. The molecule has 2 aromatic carbocycles. The number of rotatable bonds is 10. The van der Waals surface area contributed by atoms with Crippen molar-refractivity contribution in [3.8, 4) is 5.75 Å². The molecule has 3 rings (SSSR count). The molecular weight excluding hydrogens is 531 g/mol. The van der Waals surface area contributed by atoms with Crippen LogP contribution in [-0.4, -0.2) is 50.7 Å². The molecule has 0 saturated heterocycles. The number of guanidine groups is 1. The minimum Gasteiger partial charge on any atom is -0.491 e. The first-order chi connectivity index (χ1) is 15.6. The maximum Gasteiger partial charge on any atom is 0.223 e. The Morgan fingerprint density at radius 1 is 1.09 bits per heavy atom. The summed E-state index contributed by atoms with van der Waals surface area (Å²) in [5.74, 6) is 1.75. The van der Waals surface area contributed by atoms with Gasteiger partial charge in [-0.1, -0.05) is 36.4 Å². The second-order valence-corrected chi connectivity index (χ2v) is 7.93. The number of halogens is 1. The summed E-state index contributed by atoms with van der Waals surface area (Å²) in [6.45, 7) is 5.81. The quantitative estimate of drug-likeness (QED) is 0.199. The van der Waals surface area contributed by atoms with Crippen molar-refractivity contribution in [1.82, 2.24) is 15.5 Å². The number of nitrogens with zero attached hydrogens (tertiary/aromatic N) is 2. The molecule has 8 heteroatoms. The summed E-state index contributed by atoms with van der Waals surface area (Å²) in [6, 6.07) is 14.4. The van der Waals surface area contributed by atoms with Gasteiger partial charge >= 0.3 is 0 Å². The monoisotopic (exact) mass is 566 g/mol. The van der Waals surface area contributed by atoms with Crippen molar-refractivity contribution < 1.29 is 14.3 Å². The maximum atomic E-state index is 12.5. The van der Waals surface area contributed by atoms with Crippen LogP contribution >= 0.6 is 24.0 Å². The molecule has 33 heavy (non-hydrogen) atoms. The van der Waals surface area contributed by atoms with Gasteiger partial charge in [0.1, 0.15) is 12.4 Å². The van der Waals surface area contributed by atoms with Crippen LogP contribution in [0.1, 0.15) is 35.1 Å². The topological polar surface area (TPSA) is 75.2 Å². The summed E-state index contributed by atoms with van der Waals surface area (Å²) in [7, 11) is 3.41. The second-order valence-electron chi connectivity index (χ2n) is 7.93. The summed E-state index contributed by atoms with van der Waals surface area (Å²) in [5, 5.41) is 6.62. The van der Waals surface area contributed by atoms with Gasteiger partial charge in [0, 0.05) is 52.3 Å². The fourth-order valence-corrected chi connectivity index (χ4v) is 3.69. The van der Waals surface area contributed by atoms with Gasteiger partial charge in [0.15, 0.2) is 5.96 Å². The summed E-state index contributed by atoms with van der Waals surface area (Å²) < 4.78 is 10.9. The molecule has 0 fully saturated rings. The Bertz CT molecular complexity index is 911. The van der Waals surface area contributed by atoms with Crippen molar-refractivity contribution in [2.45, 2.75) is 39.4 Å². The highest BCUT2D eigenvalue weighted by atomic mass is 127. The highest BCUT2D eigenvalue weighted by molar-refractivity contribution is 14.0. The minimum atomic E-state index is 0. The van der Waals surface area contributed by atoms with Crippen molar-refractivity contribution in [3.05, 3.63) is 64.7 Å². The van der Waals surface area contributed by atoms with Crippen molar-refractivity contribution >= 4 is 35.8 Å². The lowest BCUT2D eigenvalue weighted by Gasteiger charge is -2.17. The molecule has 0 bridgehead atoms. The lowest BCUT2D eigenvalue weighted by atomic mass is 10.1. The summed E-state index contributed by atoms with van der Waals surface area (Å²) >= 11 is 0. The van der Waals surface area contributed by atoms with Crippen LogP contribution in [0, 0.1) is 6.92 Å². The first kappa shape index (κ1) is 26.9. The number of amides is 1. The summed E-state index contributed by atoms with van der Waals surface area (Å²) in [6.07, 6.45) is 1.27. The molecule has 2 aromatic rings. The van der Waals surface area contributed by atoms with Gasteiger partial charge in [0.2, 0.25) is 5.91 Å². The molecule has 2 N–H and O–H groups in total. The number of hydrogen-bond acceptors (Lipinski definition) is 4. The molecule has 0 spiro atoms. The van der Waals surface area contributed by atoms with Crippen molar-refractivity contribution in [3.63, 3.8) is 0 Å². The second kappa shape index (κ2) is 14.0. The number of carbonyl (C=O) groups is 1. The van der Waals surface area contributed by atoms with Crippen LogP contribution in [0.3, 0.4) is 0 Å². The van der Waals surface area contributed by atoms with Crippen molar-refractivity contribution in [1.29, 1.82) is 0 Å². The largest absolute Gasteiger partial charge is 0.491 e. The Labute approximate surface area is 214 Å². The van der Waals surface area contributed by atoms with E-state index >= 15 is 0 Å². The fourth-order valence-electron chi connectivity index (χ4n) is 3.69. The average molecular weight is 566 g/mol. The van der Waals surface area contributed by atoms with E-state index in [1.165, 1.54) is 11.1 Å². The number of aryl methyl sites for hydroxylation is 1. The van der Waals surface area contributed by atoms with E-state index in [0.717, 1.165) is 36.4 Å². The van der Waals surface area contributed by atoms with Crippen molar-refractivity contribution in [2.24, 2.45) is 4.99 Å². The lowest BCUT2D eigenvalue weighted by Crippen LogP contribution is -2.37. The third-order valence-electron chi connectivity index (χ3n) is 5.49. The first-order valence-corrected chi connectivity index (χ1v) is 11.1. The zero-order valence-corrected chi connectivity index (χ0v) is 22.1. The number of fused-ring (bicyclic) bond motifs is 1. The predicted molar refractivity (Wildman–Crippen MR) is 142 cm³/mol. The van der Waals surface area contributed by atoms with Crippen LogP contribution in [0.15, 0.2) is 47.5 Å². The molecule has 0 saturated carbocycles. The number of methoxy groups -OCH3 is 1. The smallest absolute Gasteiger partial charge is 0.223 e. The molecule has 0 atom stereocenters. The van der Waals surface area contributed by atoms with E-state index in [0.29, 0.717) is 38.7 Å². The molecular formula is C25H35IN4O3. The number of hydrogen-bond donors (Lipinski definition) is 2. The van der Waals surface area contributed by atoms with E-state index in [2.05, 4.69) is 39.9 Å². The number of aliphatic imine (C=N–C) groups is 1. The Hall–Kier alpha value is -2.33. The number of carbonyl (C=O) groups excluding carboxylic acids is 1. The SMILES string of the molecule is CN=C(NCCCC(=O)N1Cc2ccccc2C1)NCc1ccc(C)cc1OCCOC.I. The van der Waals surface area contributed by atoms with E-state index in [9.17, 15) is 4.79 Å². The van der Waals surface area contributed by atoms with Gasteiger partial charge in [-0.15, -0.1) is 24.0 Å². The van der Waals surface area contributed by atoms with Gasteiger partial charge in [0.25, 0.3) is 0 Å². The first-order valence-electron chi connectivity index (χ1n) is 11.1. The molecule has 180 valence electrons. The standard InChI is InChI=1S/C25H34N4O3.HI/c1-19-10-11-20(23(15-19)32-14-13-31-3)16-28-25(26-2)27-12-6-9-24(30)29-17-21-7-4-5-8-22(21)18-29;/h4-5,7-8,10-11,15H,6,9,12-14,16-18H2,1-3H3,(H2,26,27,28);1H. The molecule has 1 heterocycles. The Kier molecular flexibility index (Phi) is 11.5. The fraction of sp³-hybridized carbons (Fsp3) is 0.440. The van der Waals surface area contributed by atoms with E-state index in [-0.39, 0.29) is 29.9 Å². The van der Waals surface area contributed by atoms with Crippen LogP contribution < -0.4 is 15.4 Å². The van der Waals surface area contributed by atoms with Crippen LogP contribution in [0.25, 0.3) is 0 Å². The number of ether oxygens (including phenoxy) is 2. The molecule has 0 radical (unpaired) electrons. The van der Waals surface area contributed by atoms with Crippen LogP contribution in [0.5, 0.6) is 5.75 Å². The van der Waals surface area contributed by atoms with E-state index in [4.69, 9.17) is 9.47 Å². The molecule has 0 aromatic heterocycles. The van der Waals surface area contributed by atoms with Crippen LogP contribution in [0.4, 0.5) is 0 Å². The molecule has 0 aliphatic carbocycles. The molecule has 1 aliphatic rings. The van der Waals surface area contributed by atoms with Gasteiger partial charge in [-0.2, -0.15) is 0 Å². The lowest BCUT2D eigenvalue weighted by molar-refractivity contribution is -0.131. The maximum absolute atomic E-state index is 12.5. The van der Waals surface area contributed by atoms with Gasteiger partial charge in [-0.3, -0.25) is 9.79 Å². The van der Waals surface area contributed by atoms with E-state index in [1.807, 2.05) is 30.0 Å². The highest BCUT2D eigenvalue weighted by Crippen LogP contribution is 2.23. The summed E-state index contributed by atoms with van der Waals surface area (Å²) in [5.41, 5.74) is 4.71. The third kappa shape index (κ3) is 8.19. The van der Waals surface area contributed by atoms with E-state index < -0.39 is 0 Å². The van der Waals surface area contributed by atoms with Gasteiger partial charge < -0.3 is 25.0 Å². The van der Waals surface area contributed by atoms with Crippen LogP contribution in [-0.2, 0) is 29.2 Å². The normalized spacial score (nSPS) is 12.7. The van der Waals surface area contributed by atoms with Gasteiger partial charge in [0.05, 0.1) is 6.61 Å². The van der Waals surface area contributed by atoms with E-state index in [1.54, 1.807) is 14.2 Å².